The van der Waals surface area contributed by atoms with Gasteiger partial charge in [0.1, 0.15) is 0 Å². The number of hydrogen-bond donors (Lipinski definition) is 0. The summed E-state index contributed by atoms with van der Waals surface area (Å²) in [4.78, 5) is 0. The van der Waals surface area contributed by atoms with E-state index in [1.165, 1.54) is 110 Å². The summed E-state index contributed by atoms with van der Waals surface area (Å²) in [5.41, 5.74) is 9.31. The van der Waals surface area contributed by atoms with E-state index >= 15 is 0 Å². The van der Waals surface area contributed by atoms with Gasteiger partial charge in [-0.15, -0.1) is 11.8 Å². The van der Waals surface area contributed by atoms with Crippen LogP contribution in [0.2, 0.25) is 0 Å². The quantitative estimate of drug-likeness (QED) is 0.151. The first-order valence-corrected chi connectivity index (χ1v) is 19.9. The molecule has 0 heterocycles. The highest BCUT2D eigenvalue weighted by Crippen LogP contribution is 2.49. The normalized spacial score (nSPS) is 22.0. The minimum absolute atomic E-state index is 0.0799. The number of benzene rings is 4. The first kappa shape index (κ1) is 35.1. The van der Waals surface area contributed by atoms with Crippen molar-refractivity contribution >= 4 is 11.8 Å². The highest BCUT2D eigenvalue weighted by Gasteiger charge is 2.27. The van der Waals surface area contributed by atoms with Gasteiger partial charge in [-0.3, -0.25) is 0 Å². The molecule has 0 saturated heterocycles. The third-order valence-corrected chi connectivity index (χ3v) is 13.1. The summed E-state index contributed by atoms with van der Waals surface area (Å²) in [6.45, 7) is 4.63. The van der Waals surface area contributed by atoms with Crippen LogP contribution in [0.4, 0.5) is 0 Å². The molecule has 2 nitrogen and oxygen atoms in total. The molecule has 2 fully saturated rings. The molecule has 4 aromatic carbocycles. The molecule has 0 aromatic heterocycles. The molecule has 0 amide bonds. The van der Waals surface area contributed by atoms with Crippen molar-refractivity contribution in [3.8, 4) is 12.1 Å². The number of rotatable bonds is 12. The molecule has 0 bridgehead atoms. The molecular weight excluding hydrogens is 613 g/mol. The molecular formula is C46H52N2S. The van der Waals surface area contributed by atoms with Crippen LogP contribution in [0.1, 0.15) is 158 Å². The van der Waals surface area contributed by atoms with Gasteiger partial charge in [0.25, 0.3) is 0 Å². The maximum Gasteiger partial charge on any atom is 0.0991 e. The standard InChI is InChI=1S/C46H52N2S/c1-3-5-33-7-15-37(16-8-33)39-23-27-43(28-24-39)45(41-19-11-35(31-47)12-20-41)49-46(42-21-13-36(32-48)14-22-42)44-29-25-40(26-30-44)38-17-9-34(6-4-2)10-18-38/h11-14,19-30,33-34,37-38,45-46H,3-10,15-18H2,1-2H3. The van der Waals surface area contributed by atoms with Crippen LogP contribution in [-0.4, -0.2) is 0 Å². The van der Waals surface area contributed by atoms with Gasteiger partial charge >= 0.3 is 0 Å². The Hall–Kier alpha value is -3.79. The Kier molecular flexibility index (Phi) is 12.3. The van der Waals surface area contributed by atoms with Gasteiger partial charge in [0.15, 0.2) is 0 Å². The van der Waals surface area contributed by atoms with E-state index in [4.69, 9.17) is 0 Å². The molecule has 3 heteroatoms. The zero-order valence-corrected chi connectivity index (χ0v) is 30.3. The Morgan fingerprint density at radius 1 is 0.490 bits per heavy atom. The molecule has 49 heavy (non-hydrogen) atoms. The van der Waals surface area contributed by atoms with E-state index < -0.39 is 0 Å². The van der Waals surface area contributed by atoms with Crippen molar-refractivity contribution in [2.75, 3.05) is 0 Å². The van der Waals surface area contributed by atoms with E-state index in [0.717, 1.165) is 11.8 Å². The van der Waals surface area contributed by atoms with Crippen LogP contribution in [0.25, 0.3) is 0 Å². The average Bonchev–Trinajstić information content (AvgIpc) is 3.17. The van der Waals surface area contributed by atoms with Crippen molar-refractivity contribution in [1.82, 2.24) is 0 Å². The van der Waals surface area contributed by atoms with Crippen LogP contribution in [0, 0.1) is 34.5 Å². The Morgan fingerprint density at radius 2 is 0.796 bits per heavy atom. The van der Waals surface area contributed by atoms with Gasteiger partial charge in [-0.1, -0.05) is 112 Å². The highest BCUT2D eigenvalue weighted by atomic mass is 32.2. The predicted octanol–water partition coefficient (Wildman–Crippen LogP) is 13.2. The Morgan fingerprint density at radius 3 is 1.08 bits per heavy atom. The molecule has 4 aromatic rings. The Labute approximate surface area is 300 Å². The van der Waals surface area contributed by atoms with Gasteiger partial charge in [-0.05, 0) is 133 Å². The fourth-order valence-electron chi connectivity index (χ4n) is 8.57. The van der Waals surface area contributed by atoms with Crippen LogP contribution < -0.4 is 0 Å². The smallest absolute Gasteiger partial charge is 0.0991 e. The summed E-state index contributed by atoms with van der Waals surface area (Å²) in [5.74, 6) is 3.14. The van der Waals surface area contributed by atoms with Gasteiger partial charge < -0.3 is 0 Å². The van der Waals surface area contributed by atoms with E-state index in [1.54, 1.807) is 0 Å². The van der Waals surface area contributed by atoms with Crippen LogP contribution >= 0.6 is 11.8 Å². The van der Waals surface area contributed by atoms with E-state index in [9.17, 15) is 10.5 Å². The van der Waals surface area contributed by atoms with Gasteiger partial charge in [0.2, 0.25) is 0 Å². The van der Waals surface area contributed by atoms with Gasteiger partial charge in [-0.25, -0.2) is 0 Å². The van der Waals surface area contributed by atoms with Crippen LogP contribution in [0.15, 0.2) is 97.1 Å². The topological polar surface area (TPSA) is 47.6 Å². The molecule has 2 aliphatic carbocycles. The summed E-state index contributed by atoms with van der Waals surface area (Å²) < 4.78 is 0. The van der Waals surface area contributed by atoms with Crippen molar-refractivity contribution in [3.05, 3.63) is 142 Å². The minimum atomic E-state index is 0.0799. The van der Waals surface area contributed by atoms with Gasteiger partial charge in [0.05, 0.1) is 33.8 Å². The van der Waals surface area contributed by atoms with Crippen molar-refractivity contribution in [1.29, 1.82) is 10.5 Å². The Bertz CT molecular complexity index is 1550. The SMILES string of the molecule is CCCC1CCC(c2ccc(C(SC(c3ccc(C#N)cc3)c3ccc(C4CCC(CCC)CC4)cc3)c3ccc(C#N)cc3)cc2)CC1. The summed E-state index contributed by atoms with van der Waals surface area (Å²) in [6.07, 6.45) is 16.0. The van der Waals surface area contributed by atoms with E-state index in [0.29, 0.717) is 23.0 Å². The molecule has 0 aliphatic heterocycles. The lowest BCUT2D eigenvalue weighted by atomic mass is 9.77. The first-order chi connectivity index (χ1) is 24.1. The lowest BCUT2D eigenvalue weighted by Gasteiger charge is -2.30. The number of thioether (sulfide) groups is 1. The molecule has 0 N–H and O–H groups in total. The van der Waals surface area contributed by atoms with E-state index in [1.807, 2.05) is 36.0 Å². The zero-order chi connectivity index (χ0) is 34.0. The fraction of sp³-hybridized carbons (Fsp3) is 0.435. The maximum absolute atomic E-state index is 9.55. The van der Waals surface area contributed by atoms with Crippen LogP contribution in [0.5, 0.6) is 0 Å². The second-order valence-corrected chi connectivity index (χ2v) is 15.9. The highest BCUT2D eigenvalue weighted by molar-refractivity contribution is 8.00. The summed E-state index contributed by atoms with van der Waals surface area (Å²) in [5, 5.41) is 19.3. The number of nitriles is 2. The van der Waals surface area contributed by atoms with E-state index in [2.05, 4.69) is 98.8 Å². The fourth-order valence-corrected chi connectivity index (χ4v) is 10.1. The lowest BCUT2D eigenvalue weighted by Crippen LogP contribution is -2.13. The third kappa shape index (κ3) is 8.87. The average molecular weight is 665 g/mol. The first-order valence-electron chi connectivity index (χ1n) is 18.9. The van der Waals surface area contributed by atoms with Gasteiger partial charge in [-0.2, -0.15) is 10.5 Å². The van der Waals surface area contributed by atoms with Crippen molar-refractivity contribution in [3.63, 3.8) is 0 Å². The summed E-state index contributed by atoms with van der Waals surface area (Å²) >= 11 is 1.96. The number of nitrogens with zero attached hydrogens (tertiary/aromatic N) is 2. The predicted molar refractivity (Wildman–Crippen MR) is 206 cm³/mol. The molecule has 2 aliphatic rings. The molecule has 2 atom stereocenters. The van der Waals surface area contributed by atoms with E-state index in [-0.39, 0.29) is 10.5 Å². The van der Waals surface area contributed by atoms with Crippen molar-refractivity contribution in [2.45, 2.75) is 113 Å². The molecule has 0 spiro atoms. The third-order valence-electron chi connectivity index (χ3n) is 11.5. The molecule has 0 radical (unpaired) electrons. The van der Waals surface area contributed by atoms with Gasteiger partial charge in [0, 0.05) is 0 Å². The van der Waals surface area contributed by atoms with Crippen LogP contribution in [0.3, 0.4) is 0 Å². The lowest BCUT2D eigenvalue weighted by molar-refractivity contribution is 0.308. The summed E-state index contributed by atoms with van der Waals surface area (Å²) in [6, 6.07) is 39.9. The Balaban J connectivity index is 1.29. The molecule has 252 valence electrons. The minimum Gasteiger partial charge on any atom is -0.192 e. The monoisotopic (exact) mass is 664 g/mol. The molecule has 2 unspecified atom stereocenters. The number of hydrogen-bond acceptors (Lipinski definition) is 3. The second-order valence-electron chi connectivity index (χ2n) is 14.7. The van der Waals surface area contributed by atoms with Crippen LogP contribution in [-0.2, 0) is 0 Å². The van der Waals surface area contributed by atoms with Crippen molar-refractivity contribution in [2.24, 2.45) is 11.8 Å². The zero-order valence-electron chi connectivity index (χ0n) is 29.5. The summed E-state index contributed by atoms with van der Waals surface area (Å²) in [7, 11) is 0. The second kappa shape index (κ2) is 17.2. The largest absolute Gasteiger partial charge is 0.192 e. The maximum atomic E-state index is 9.55. The van der Waals surface area contributed by atoms with Crippen molar-refractivity contribution < 1.29 is 0 Å². The molecule has 2 saturated carbocycles. The molecule has 6 rings (SSSR count).